The van der Waals surface area contributed by atoms with Crippen LogP contribution in [0.2, 0.25) is 0 Å². The van der Waals surface area contributed by atoms with Gasteiger partial charge in [0, 0.05) is 19.1 Å². The maximum atomic E-state index is 3.47. The molecule has 0 aromatic heterocycles. The highest BCUT2D eigenvalue weighted by Gasteiger charge is 2.23. The molecule has 1 heterocycles. The average molecular weight is 196 g/mol. The van der Waals surface area contributed by atoms with E-state index in [1.807, 2.05) is 0 Å². The highest BCUT2D eigenvalue weighted by Crippen LogP contribution is 2.31. The highest BCUT2D eigenvalue weighted by molar-refractivity contribution is 4.78. The number of hydrogen-bond donors (Lipinski definition) is 1. The van der Waals surface area contributed by atoms with E-state index in [1.54, 1.807) is 0 Å². The van der Waals surface area contributed by atoms with E-state index < -0.39 is 0 Å². The van der Waals surface area contributed by atoms with Gasteiger partial charge in [-0.25, -0.2) is 0 Å². The molecule has 82 valence electrons. The summed E-state index contributed by atoms with van der Waals surface area (Å²) in [7, 11) is 0. The molecule has 1 saturated carbocycles. The first-order chi connectivity index (χ1) is 6.86. The van der Waals surface area contributed by atoms with Crippen LogP contribution >= 0.6 is 0 Å². The summed E-state index contributed by atoms with van der Waals surface area (Å²) in [5.41, 5.74) is 0. The van der Waals surface area contributed by atoms with Gasteiger partial charge in [0.05, 0.1) is 0 Å². The van der Waals surface area contributed by atoms with Crippen LogP contribution in [0.1, 0.15) is 39.0 Å². The summed E-state index contributed by atoms with van der Waals surface area (Å²) in [6.45, 7) is 7.39. The quantitative estimate of drug-likeness (QED) is 0.741. The van der Waals surface area contributed by atoms with Crippen molar-refractivity contribution < 1.29 is 0 Å². The predicted octanol–water partition coefficient (Wildman–Crippen LogP) is 1.86. The van der Waals surface area contributed by atoms with Crippen molar-refractivity contribution in [2.24, 2.45) is 5.92 Å². The van der Waals surface area contributed by atoms with E-state index in [4.69, 9.17) is 0 Å². The molecule has 2 fully saturated rings. The molecule has 1 saturated heterocycles. The Bertz CT molecular complexity index is 158. The average Bonchev–Trinajstić information content (AvgIpc) is 2.38. The van der Waals surface area contributed by atoms with Gasteiger partial charge in [0.2, 0.25) is 0 Å². The molecule has 0 radical (unpaired) electrons. The summed E-state index contributed by atoms with van der Waals surface area (Å²) in [5, 5.41) is 3.47. The largest absolute Gasteiger partial charge is 0.315 e. The predicted molar refractivity (Wildman–Crippen MR) is 60.5 cm³/mol. The van der Waals surface area contributed by atoms with Gasteiger partial charge in [-0.05, 0) is 38.8 Å². The lowest BCUT2D eigenvalue weighted by Gasteiger charge is -2.34. The monoisotopic (exact) mass is 196 g/mol. The highest BCUT2D eigenvalue weighted by atomic mass is 15.2. The second kappa shape index (κ2) is 5.13. The van der Waals surface area contributed by atoms with Gasteiger partial charge in [0.1, 0.15) is 0 Å². The van der Waals surface area contributed by atoms with Gasteiger partial charge in [-0.15, -0.1) is 0 Å². The van der Waals surface area contributed by atoms with E-state index in [1.165, 1.54) is 58.3 Å². The molecule has 0 amide bonds. The molecule has 1 N–H and O–H groups in total. The molecule has 1 unspecified atom stereocenters. The molecular formula is C12H24N2. The Morgan fingerprint density at radius 1 is 1.21 bits per heavy atom. The first kappa shape index (κ1) is 10.4. The van der Waals surface area contributed by atoms with Crippen molar-refractivity contribution in [2.75, 3.05) is 26.2 Å². The summed E-state index contributed by atoms with van der Waals surface area (Å²) in [6.07, 6.45) is 7.25. The maximum absolute atomic E-state index is 3.47. The van der Waals surface area contributed by atoms with Crippen LogP contribution in [-0.4, -0.2) is 37.1 Å². The van der Waals surface area contributed by atoms with Gasteiger partial charge in [-0.3, -0.25) is 4.90 Å². The molecule has 1 aliphatic carbocycles. The molecule has 2 rings (SSSR count). The Hall–Kier alpha value is -0.0800. The fourth-order valence-electron chi connectivity index (χ4n) is 2.67. The van der Waals surface area contributed by atoms with Gasteiger partial charge < -0.3 is 5.32 Å². The van der Waals surface area contributed by atoms with Crippen LogP contribution in [0, 0.1) is 5.92 Å². The number of nitrogens with one attached hydrogen (secondary N) is 1. The Morgan fingerprint density at radius 3 is 2.79 bits per heavy atom. The van der Waals surface area contributed by atoms with Gasteiger partial charge >= 0.3 is 0 Å². The summed E-state index contributed by atoms with van der Waals surface area (Å²) in [4.78, 5) is 2.68. The van der Waals surface area contributed by atoms with Crippen molar-refractivity contribution in [2.45, 2.75) is 45.1 Å². The van der Waals surface area contributed by atoms with Crippen molar-refractivity contribution in [3.8, 4) is 0 Å². The van der Waals surface area contributed by atoms with E-state index in [2.05, 4.69) is 17.1 Å². The molecule has 2 heteroatoms. The molecule has 0 aromatic rings. The third kappa shape index (κ3) is 2.71. The van der Waals surface area contributed by atoms with Crippen LogP contribution in [0.15, 0.2) is 0 Å². The summed E-state index contributed by atoms with van der Waals surface area (Å²) in [6, 6.07) is 0.820. The minimum atomic E-state index is 0.820. The van der Waals surface area contributed by atoms with Gasteiger partial charge in [-0.1, -0.05) is 19.3 Å². The lowest BCUT2D eigenvalue weighted by Crippen LogP contribution is -2.38. The normalized spacial score (nSPS) is 28.1. The molecule has 0 aromatic carbocycles. The second-order valence-electron chi connectivity index (χ2n) is 5.02. The second-order valence-corrected chi connectivity index (χ2v) is 5.02. The minimum absolute atomic E-state index is 0.820. The van der Waals surface area contributed by atoms with E-state index in [0.29, 0.717) is 0 Å². The molecule has 1 atom stereocenters. The smallest absolute Gasteiger partial charge is 0.0110 e. The lowest BCUT2D eigenvalue weighted by molar-refractivity contribution is 0.162. The van der Waals surface area contributed by atoms with Crippen molar-refractivity contribution in [3.63, 3.8) is 0 Å². The SMILES string of the molecule is CC(CC1CCC1)N1CCCNCC1. The van der Waals surface area contributed by atoms with E-state index in [9.17, 15) is 0 Å². The lowest BCUT2D eigenvalue weighted by atomic mass is 9.81. The van der Waals surface area contributed by atoms with Gasteiger partial charge in [0.25, 0.3) is 0 Å². The molecule has 1 aliphatic heterocycles. The van der Waals surface area contributed by atoms with Crippen molar-refractivity contribution >= 4 is 0 Å². The zero-order chi connectivity index (χ0) is 9.80. The van der Waals surface area contributed by atoms with Gasteiger partial charge in [0.15, 0.2) is 0 Å². The van der Waals surface area contributed by atoms with Crippen molar-refractivity contribution in [1.29, 1.82) is 0 Å². The van der Waals surface area contributed by atoms with E-state index in [-0.39, 0.29) is 0 Å². The number of rotatable bonds is 3. The van der Waals surface area contributed by atoms with Crippen molar-refractivity contribution in [3.05, 3.63) is 0 Å². The molecular weight excluding hydrogens is 172 g/mol. The fourth-order valence-corrected chi connectivity index (χ4v) is 2.67. The van der Waals surface area contributed by atoms with Crippen LogP contribution in [0.5, 0.6) is 0 Å². The Kier molecular flexibility index (Phi) is 3.82. The standard InChI is InChI=1S/C12H24N2/c1-11(10-12-4-2-5-12)14-8-3-6-13-7-9-14/h11-13H,2-10H2,1H3. The summed E-state index contributed by atoms with van der Waals surface area (Å²) < 4.78 is 0. The Balaban J connectivity index is 1.73. The topological polar surface area (TPSA) is 15.3 Å². The molecule has 0 spiro atoms. The minimum Gasteiger partial charge on any atom is -0.315 e. The molecule has 0 bridgehead atoms. The molecule has 2 nitrogen and oxygen atoms in total. The Labute approximate surface area is 88.1 Å². The first-order valence-electron chi connectivity index (χ1n) is 6.31. The zero-order valence-corrected chi connectivity index (χ0v) is 9.47. The maximum Gasteiger partial charge on any atom is 0.0110 e. The number of nitrogens with zero attached hydrogens (tertiary/aromatic N) is 1. The third-order valence-electron chi connectivity index (χ3n) is 3.90. The number of hydrogen-bond acceptors (Lipinski definition) is 2. The van der Waals surface area contributed by atoms with Crippen LogP contribution in [0.3, 0.4) is 0 Å². The summed E-state index contributed by atoms with van der Waals surface area (Å²) >= 11 is 0. The Morgan fingerprint density at radius 2 is 2.07 bits per heavy atom. The van der Waals surface area contributed by atoms with Crippen LogP contribution in [0.25, 0.3) is 0 Å². The first-order valence-corrected chi connectivity index (χ1v) is 6.31. The van der Waals surface area contributed by atoms with E-state index in [0.717, 1.165) is 12.0 Å². The van der Waals surface area contributed by atoms with Crippen LogP contribution < -0.4 is 5.32 Å². The molecule has 2 aliphatic rings. The third-order valence-corrected chi connectivity index (χ3v) is 3.90. The van der Waals surface area contributed by atoms with Crippen LogP contribution in [0.4, 0.5) is 0 Å². The van der Waals surface area contributed by atoms with Crippen LogP contribution in [-0.2, 0) is 0 Å². The zero-order valence-electron chi connectivity index (χ0n) is 9.47. The van der Waals surface area contributed by atoms with E-state index >= 15 is 0 Å². The van der Waals surface area contributed by atoms with Gasteiger partial charge in [-0.2, -0.15) is 0 Å². The fraction of sp³-hybridized carbons (Fsp3) is 1.00. The molecule has 14 heavy (non-hydrogen) atoms. The summed E-state index contributed by atoms with van der Waals surface area (Å²) in [5.74, 6) is 1.06. The van der Waals surface area contributed by atoms with Crippen molar-refractivity contribution in [1.82, 2.24) is 10.2 Å².